The summed E-state index contributed by atoms with van der Waals surface area (Å²) in [4.78, 5) is 14.7. The number of likely N-dealkylation sites (tertiary alicyclic amines) is 1. The zero-order valence-corrected chi connectivity index (χ0v) is 14.6. The van der Waals surface area contributed by atoms with Crippen LogP contribution in [0.5, 0.6) is 0 Å². The van der Waals surface area contributed by atoms with Gasteiger partial charge in [-0.15, -0.1) is 12.4 Å². The number of nitrogens with zero attached hydrogens (tertiary/aromatic N) is 1. The van der Waals surface area contributed by atoms with Crippen molar-refractivity contribution in [3.63, 3.8) is 0 Å². The van der Waals surface area contributed by atoms with Gasteiger partial charge in [0.25, 0.3) is 5.91 Å². The Hall–Kier alpha value is -0.580. The van der Waals surface area contributed by atoms with E-state index in [1.54, 1.807) is 0 Å². The highest BCUT2D eigenvalue weighted by Gasteiger charge is 2.40. The molecule has 1 aromatic carbocycles. The number of hydrogen-bond donors (Lipinski definition) is 1. The van der Waals surface area contributed by atoms with Crippen LogP contribution in [0.3, 0.4) is 0 Å². The number of benzene rings is 1. The normalized spacial score (nSPS) is 28.0. The van der Waals surface area contributed by atoms with E-state index >= 15 is 0 Å². The standard InChI is InChI=1S/C16H21BrN2O.ClH/c1-10-7-12(17)5-6-13(10)16(20)19-8-11-3-2-4-15(18)14(11)9-19;/h5-7,11,14-15H,2-4,8-9,18H2,1H3;1H. The number of rotatable bonds is 1. The highest BCUT2D eigenvalue weighted by molar-refractivity contribution is 9.10. The highest BCUT2D eigenvalue weighted by atomic mass is 79.9. The lowest BCUT2D eigenvalue weighted by molar-refractivity contribution is 0.0783. The van der Waals surface area contributed by atoms with Crippen molar-refractivity contribution in [1.82, 2.24) is 4.90 Å². The van der Waals surface area contributed by atoms with E-state index in [2.05, 4.69) is 15.9 Å². The molecule has 3 nitrogen and oxygen atoms in total. The first kappa shape index (κ1) is 16.8. The Balaban J connectivity index is 0.00000161. The average molecular weight is 374 g/mol. The number of nitrogens with two attached hydrogens (primary N) is 1. The maximum atomic E-state index is 12.7. The van der Waals surface area contributed by atoms with Crippen molar-refractivity contribution >= 4 is 34.2 Å². The zero-order chi connectivity index (χ0) is 14.3. The summed E-state index contributed by atoms with van der Waals surface area (Å²) in [6, 6.07) is 6.14. The van der Waals surface area contributed by atoms with Crippen LogP contribution >= 0.6 is 28.3 Å². The molecule has 21 heavy (non-hydrogen) atoms. The summed E-state index contributed by atoms with van der Waals surface area (Å²) in [5.74, 6) is 1.28. The van der Waals surface area contributed by atoms with E-state index in [0.29, 0.717) is 11.8 Å². The molecule has 2 fully saturated rings. The van der Waals surface area contributed by atoms with E-state index in [1.165, 1.54) is 12.8 Å². The fourth-order valence-electron chi connectivity index (χ4n) is 3.72. The van der Waals surface area contributed by atoms with Gasteiger partial charge in [0.2, 0.25) is 0 Å². The molecule has 1 saturated carbocycles. The molecule has 0 bridgehead atoms. The molecule has 2 N–H and O–H groups in total. The van der Waals surface area contributed by atoms with Crippen LogP contribution in [-0.2, 0) is 0 Å². The van der Waals surface area contributed by atoms with Crippen LogP contribution < -0.4 is 5.73 Å². The van der Waals surface area contributed by atoms with Gasteiger partial charge < -0.3 is 10.6 Å². The van der Waals surface area contributed by atoms with Crippen LogP contribution in [-0.4, -0.2) is 29.9 Å². The minimum Gasteiger partial charge on any atom is -0.338 e. The first-order valence-electron chi connectivity index (χ1n) is 7.37. The van der Waals surface area contributed by atoms with E-state index in [1.807, 2.05) is 30.0 Å². The number of carbonyl (C=O) groups is 1. The maximum Gasteiger partial charge on any atom is 0.254 e. The first-order valence-corrected chi connectivity index (χ1v) is 8.16. The van der Waals surface area contributed by atoms with E-state index in [0.717, 1.165) is 35.1 Å². The lowest BCUT2D eigenvalue weighted by Crippen LogP contribution is -2.38. The summed E-state index contributed by atoms with van der Waals surface area (Å²) in [5.41, 5.74) is 8.08. The fourth-order valence-corrected chi connectivity index (χ4v) is 4.20. The van der Waals surface area contributed by atoms with Crippen molar-refractivity contribution in [2.45, 2.75) is 32.2 Å². The predicted molar refractivity (Wildman–Crippen MR) is 90.8 cm³/mol. The summed E-state index contributed by atoms with van der Waals surface area (Å²) in [7, 11) is 0. The summed E-state index contributed by atoms with van der Waals surface area (Å²) in [5, 5.41) is 0. The second-order valence-corrected chi connectivity index (χ2v) is 7.10. The third kappa shape index (κ3) is 3.27. The summed E-state index contributed by atoms with van der Waals surface area (Å²) in [6.07, 6.45) is 3.55. The van der Waals surface area contributed by atoms with Crippen molar-refractivity contribution < 1.29 is 4.79 Å². The van der Waals surface area contributed by atoms with Gasteiger partial charge in [0.1, 0.15) is 0 Å². The van der Waals surface area contributed by atoms with Gasteiger partial charge in [-0.25, -0.2) is 0 Å². The largest absolute Gasteiger partial charge is 0.338 e. The molecule has 0 radical (unpaired) electrons. The summed E-state index contributed by atoms with van der Waals surface area (Å²) in [6.45, 7) is 3.71. The molecule has 1 aliphatic heterocycles. The lowest BCUT2D eigenvalue weighted by atomic mass is 9.78. The molecule has 1 amide bonds. The first-order chi connectivity index (χ1) is 9.56. The molecule has 1 saturated heterocycles. The Morgan fingerprint density at radius 2 is 2.10 bits per heavy atom. The number of hydrogen-bond acceptors (Lipinski definition) is 2. The molecule has 2 aliphatic rings. The SMILES string of the molecule is Cc1cc(Br)ccc1C(=O)N1CC2CCCC(N)C2C1.Cl. The average Bonchev–Trinajstić information content (AvgIpc) is 2.83. The van der Waals surface area contributed by atoms with Gasteiger partial charge in [-0.2, -0.15) is 0 Å². The molecular formula is C16H22BrClN2O. The smallest absolute Gasteiger partial charge is 0.254 e. The van der Waals surface area contributed by atoms with Gasteiger partial charge in [0.05, 0.1) is 0 Å². The van der Waals surface area contributed by atoms with Gasteiger partial charge >= 0.3 is 0 Å². The van der Waals surface area contributed by atoms with Gasteiger partial charge in [-0.05, 0) is 55.4 Å². The molecule has 3 unspecified atom stereocenters. The van der Waals surface area contributed by atoms with E-state index in [-0.39, 0.29) is 24.4 Å². The van der Waals surface area contributed by atoms with Crippen LogP contribution in [0.15, 0.2) is 22.7 Å². The Labute approximate surface area is 140 Å². The molecule has 0 aromatic heterocycles. The lowest BCUT2D eigenvalue weighted by Gasteiger charge is -2.29. The highest BCUT2D eigenvalue weighted by Crippen LogP contribution is 2.36. The van der Waals surface area contributed by atoms with Crippen molar-refractivity contribution in [1.29, 1.82) is 0 Å². The molecular weight excluding hydrogens is 352 g/mol. The monoisotopic (exact) mass is 372 g/mol. The Morgan fingerprint density at radius 3 is 2.76 bits per heavy atom. The minimum atomic E-state index is 0. The quantitative estimate of drug-likeness (QED) is 0.820. The van der Waals surface area contributed by atoms with Gasteiger partial charge in [-0.1, -0.05) is 22.4 Å². The van der Waals surface area contributed by atoms with Gasteiger partial charge in [0.15, 0.2) is 0 Å². The Morgan fingerprint density at radius 1 is 1.33 bits per heavy atom. The van der Waals surface area contributed by atoms with E-state index < -0.39 is 0 Å². The third-order valence-electron chi connectivity index (χ3n) is 4.86. The summed E-state index contributed by atoms with van der Waals surface area (Å²) < 4.78 is 1.02. The van der Waals surface area contributed by atoms with Crippen LogP contribution in [0.2, 0.25) is 0 Å². The van der Waals surface area contributed by atoms with Crippen LogP contribution in [0.1, 0.15) is 35.2 Å². The molecule has 3 atom stereocenters. The third-order valence-corrected chi connectivity index (χ3v) is 5.35. The fraction of sp³-hybridized carbons (Fsp3) is 0.562. The Kier molecular flexibility index (Phi) is 5.33. The number of carbonyl (C=O) groups excluding carboxylic acids is 1. The number of fused-ring (bicyclic) bond motifs is 1. The number of amides is 1. The summed E-state index contributed by atoms with van der Waals surface area (Å²) >= 11 is 3.45. The minimum absolute atomic E-state index is 0. The van der Waals surface area contributed by atoms with Crippen LogP contribution in [0.25, 0.3) is 0 Å². The van der Waals surface area contributed by atoms with Crippen molar-refractivity contribution in [3.8, 4) is 0 Å². The molecule has 1 aromatic rings. The predicted octanol–water partition coefficient (Wildman–Crippen LogP) is 3.38. The van der Waals surface area contributed by atoms with Crippen LogP contribution in [0, 0.1) is 18.8 Å². The number of aryl methyl sites for hydroxylation is 1. The van der Waals surface area contributed by atoms with Crippen molar-refractivity contribution in [3.05, 3.63) is 33.8 Å². The topological polar surface area (TPSA) is 46.3 Å². The zero-order valence-electron chi connectivity index (χ0n) is 12.2. The Bertz CT molecular complexity index is 537. The second kappa shape index (κ2) is 6.67. The molecule has 3 rings (SSSR count). The molecule has 1 aliphatic carbocycles. The van der Waals surface area contributed by atoms with Crippen LogP contribution in [0.4, 0.5) is 0 Å². The molecule has 1 heterocycles. The van der Waals surface area contributed by atoms with E-state index in [9.17, 15) is 4.79 Å². The van der Waals surface area contributed by atoms with Crippen molar-refractivity contribution in [2.24, 2.45) is 17.6 Å². The molecule has 5 heteroatoms. The van der Waals surface area contributed by atoms with E-state index in [4.69, 9.17) is 5.73 Å². The van der Waals surface area contributed by atoms with Crippen molar-refractivity contribution in [2.75, 3.05) is 13.1 Å². The van der Waals surface area contributed by atoms with Gasteiger partial charge in [-0.3, -0.25) is 4.79 Å². The molecule has 116 valence electrons. The second-order valence-electron chi connectivity index (χ2n) is 6.19. The maximum absolute atomic E-state index is 12.7. The number of halogens is 2. The molecule has 0 spiro atoms. The van der Waals surface area contributed by atoms with Gasteiger partial charge in [0, 0.05) is 29.2 Å².